The van der Waals surface area contributed by atoms with Crippen molar-refractivity contribution in [1.82, 2.24) is 0 Å². The minimum Gasteiger partial charge on any atom is -0.465 e. The fourth-order valence-corrected chi connectivity index (χ4v) is 1.24. The van der Waals surface area contributed by atoms with Gasteiger partial charge in [-0.15, -0.1) is 0 Å². The van der Waals surface area contributed by atoms with Crippen LogP contribution in [0, 0.1) is 17.8 Å². The van der Waals surface area contributed by atoms with Gasteiger partial charge in [-0.2, -0.15) is 0 Å². The predicted octanol–water partition coefficient (Wildman–Crippen LogP) is 2.44. The zero-order chi connectivity index (χ0) is 9.78. The van der Waals surface area contributed by atoms with Gasteiger partial charge in [0.05, 0.1) is 6.61 Å². The van der Waals surface area contributed by atoms with Crippen molar-refractivity contribution in [2.75, 3.05) is 6.61 Å². The van der Waals surface area contributed by atoms with Crippen molar-refractivity contribution in [2.24, 2.45) is 11.3 Å². The van der Waals surface area contributed by atoms with E-state index in [-0.39, 0.29) is 11.4 Å². The van der Waals surface area contributed by atoms with Crippen LogP contribution in [0.3, 0.4) is 0 Å². The molecule has 0 aromatic rings. The number of esters is 1. The van der Waals surface area contributed by atoms with Crippen LogP contribution in [0.1, 0.15) is 34.6 Å². The van der Waals surface area contributed by atoms with Crippen LogP contribution in [0.15, 0.2) is 0 Å². The molecule has 0 aliphatic heterocycles. The van der Waals surface area contributed by atoms with Crippen LogP contribution in [0.25, 0.3) is 0 Å². The topological polar surface area (TPSA) is 26.3 Å². The minimum absolute atomic E-state index is 0.0141. The van der Waals surface area contributed by atoms with Gasteiger partial charge < -0.3 is 4.74 Å². The SMILES string of the molecule is CC(=O)OCC(C)(C)[CH]C(C)C. The van der Waals surface area contributed by atoms with Gasteiger partial charge in [0.2, 0.25) is 0 Å². The lowest BCUT2D eigenvalue weighted by Gasteiger charge is -2.25. The van der Waals surface area contributed by atoms with E-state index in [0.29, 0.717) is 12.5 Å². The number of ether oxygens (including phenoxy) is 1. The molecule has 0 bridgehead atoms. The lowest BCUT2D eigenvalue weighted by atomic mass is 9.85. The molecule has 71 valence electrons. The number of carbonyl (C=O) groups is 1. The molecular formula is C10H19O2. The number of hydrogen-bond acceptors (Lipinski definition) is 2. The molecule has 12 heavy (non-hydrogen) atoms. The second kappa shape index (κ2) is 4.48. The first-order valence-electron chi connectivity index (χ1n) is 4.33. The number of rotatable bonds is 4. The van der Waals surface area contributed by atoms with Crippen molar-refractivity contribution in [1.29, 1.82) is 0 Å². The Morgan fingerprint density at radius 2 is 2.00 bits per heavy atom. The second-order valence-electron chi connectivity index (χ2n) is 4.18. The average Bonchev–Trinajstić information content (AvgIpc) is 1.81. The summed E-state index contributed by atoms with van der Waals surface area (Å²) in [5.74, 6) is 0.316. The van der Waals surface area contributed by atoms with Gasteiger partial charge in [-0.25, -0.2) is 0 Å². The molecule has 0 N–H and O–H groups in total. The van der Waals surface area contributed by atoms with Gasteiger partial charge >= 0.3 is 5.97 Å². The van der Waals surface area contributed by atoms with Crippen molar-refractivity contribution >= 4 is 5.97 Å². The molecule has 0 aliphatic carbocycles. The zero-order valence-corrected chi connectivity index (χ0v) is 8.68. The summed E-state index contributed by atoms with van der Waals surface area (Å²) >= 11 is 0. The van der Waals surface area contributed by atoms with Gasteiger partial charge in [0.25, 0.3) is 0 Å². The van der Waals surface area contributed by atoms with E-state index in [2.05, 4.69) is 34.1 Å². The molecule has 0 unspecified atom stereocenters. The zero-order valence-electron chi connectivity index (χ0n) is 8.68. The third kappa shape index (κ3) is 6.20. The summed E-state index contributed by atoms with van der Waals surface area (Å²) in [7, 11) is 0. The van der Waals surface area contributed by atoms with E-state index in [1.165, 1.54) is 6.92 Å². The molecule has 0 spiro atoms. The standard InChI is InChI=1S/C10H19O2/c1-8(2)6-10(4,5)7-12-9(3)11/h6,8H,7H2,1-5H3. The van der Waals surface area contributed by atoms with E-state index < -0.39 is 0 Å². The first-order chi connectivity index (χ1) is 5.33. The van der Waals surface area contributed by atoms with E-state index >= 15 is 0 Å². The Balaban J connectivity index is 3.78. The smallest absolute Gasteiger partial charge is 0.302 e. The van der Waals surface area contributed by atoms with Crippen LogP contribution in [-0.4, -0.2) is 12.6 Å². The van der Waals surface area contributed by atoms with E-state index in [1.807, 2.05) is 0 Å². The number of hydrogen-bond donors (Lipinski definition) is 0. The van der Waals surface area contributed by atoms with Crippen molar-refractivity contribution in [3.63, 3.8) is 0 Å². The molecule has 0 rings (SSSR count). The van der Waals surface area contributed by atoms with Crippen LogP contribution < -0.4 is 0 Å². The van der Waals surface area contributed by atoms with Gasteiger partial charge in [-0.05, 0) is 12.3 Å². The Bertz CT molecular complexity index is 148. The van der Waals surface area contributed by atoms with E-state index in [4.69, 9.17) is 4.74 Å². The van der Waals surface area contributed by atoms with E-state index in [1.54, 1.807) is 0 Å². The molecular weight excluding hydrogens is 152 g/mol. The second-order valence-corrected chi connectivity index (χ2v) is 4.18. The Kier molecular flexibility index (Phi) is 4.29. The van der Waals surface area contributed by atoms with E-state index in [9.17, 15) is 4.79 Å². The van der Waals surface area contributed by atoms with Gasteiger partial charge in [0.1, 0.15) is 0 Å². The van der Waals surface area contributed by atoms with Crippen LogP contribution >= 0.6 is 0 Å². The maximum absolute atomic E-state index is 10.5. The highest BCUT2D eigenvalue weighted by atomic mass is 16.5. The average molecular weight is 171 g/mol. The Morgan fingerprint density at radius 1 is 1.50 bits per heavy atom. The fraction of sp³-hybridized carbons (Fsp3) is 0.800. The maximum atomic E-state index is 10.5. The highest BCUT2D eigenvalue weighted by Gasteiger charge is 2.21. The summed E-state index contributed by atoms with van der Waals surface area (Å²) in [5, 5.41) is 0. The Hall–Kier alpha value is -0.530. The lowest BCUT2D eigenvalue weighted by molar-refractivity contribution is -0.143. The summed E-state index contributed by atoms with van der Waals surface area (Å²) in [6.45, 7) is 10.3. The largest absolute Gasteiger partial charge is 0.465 e. The molecule has 0 aromatic carbocycles. The van der Waals surface area contributed by atoms with Crippen molar-refractivity contribution < 1.29 is 9.53 Å². The third-order valence-electron chi connectivity index (χ3n) is 1.43. The van der Waals surface area contributed by atoms with Gasteiger partial charge in [0.15, 0.2) is 0 Å². The van der Waals surface area contributed by atoms with Gasteiger partial charge in [0, 0.05) is 12.3 Å². The molecule has 0 aliphatic rings. The molecule has 0 atom stereocenters. The highest BCUT2D eigenvalue weighted by Crippen LogP contribution is 2.24. The Morgan fingerprint density at radius 3 is 2.33 bits per heavy atom. The summed E-state index contributed by atoms with van der Waals surface area (Å²) in [6, 6.07) is 0. The molecule has 0 amide bonds. The molecule has 0 aromatic heterocycles. The fourth-order valence-electron chi connectivity index (χ4n) is 1.24. The maximum Gasteiger partial charge on any atom is 0.302 e. The van der Waals surface area contributed by atoms with Crippen LogP contribution in [0.2, 0.25) is 0 Å². The molecule has 0 fully saturated rings. The summed E-state index contributed by atoms with van der Waals surface area (Å²) < 4.78 is 4.94. The van der Waals surface area contributed by atoms with E-state index in [0.717, 1.165) is 0 Å². The molecule has 2 nitrogen and oxygen atoms in total. The summed E-state index contributed by atoms with van der Waals surface area (Å²) in [6.07, 6.45) is 2.19. The quantitative estimate of drug-likeness (QED) is 0.607. The molecule has 0 saturated carbocycles. The van der Waals surface area contributed by atoms with Crippen molar-refractivity contribution in [2.45, 2.75) is 34.6 Å². The number of carbonyl (C=O) groups excluding carboxylic acids is 1. The third-order valence-corrected chi connectivity index (χ3v) is 1.43. The minimum atomic E-state index is -0.208. The van der Waals surface area contributed by atoms with Crippen molar-refractivity contribution in [3.8, 4) is 0 Å². The van der Waals surface area contributed by atoms with Crippen LogP contribution in [0.4, 0.5) is 0 Å². The predicted molar refractivity (Wildman–Crippen MR) is 49.6 cm³/mol. The highest BCUT2D eigenvalue weighted by molar-refractivity contribution is 5.65. The first-order valence-corrected chi connectivity index (χ1v) is 4.33. The first kappa shape index (κ1) is 11.5. The van der Waals surface area contributed by atoms with Crippen LogP contribution in [-0.2, 0) is 9.53 Å². The molecule has 1 radical (unpaired) electrons. The summed E-state index contributed by atoms with van der Waals surface area (Å²) in [5.41, 5.74) is -0.0141. The van der Waals surface area contributed by atoms with Crippen LogP contribution in [0.5, 0.6) is 0 Å². The molecule has 0 saturated heterocycles. The van der Waals surface area contributed by atoms with Gasteiger partial charge in [-0.1, -0.05) is 27.7 Å². The monoisotopic (exact) mass is 171 g/mol. The van der Waals surface area contributed by atoms with Crippen molar-refractivity contribution in [3.05, 3.63) is 6.42 Å². The van der Waals surface area contributed by atoms with Gasteiger partial charge in [-0.3, -0.25) is 4.79 Å². The lowest BCUT2D eigenvalue weighted by Crippen LogP contribution is -2.23. The normalized spacial score (nSPS) is 11.8. The summed E-state index contributed by atoms with van der Waals surface area (Å²) in [4.78, 5) is 10.5. The Labute approximate surface area is 75.3 Å². The molecule has 2 heteroatoms. The molecule has 0 heterocycles.